The quantitative estimate of drug-likeness (QED) is 0.122. The van der Waals surface area contributed by atoms with E-state index in [0.717, 1.165) is 0 Å². The number of nitrogens with zero attached hydrogens (tertiary/aromatic N) is 3. The number of aromatic nitrogens is 3. The minimum absolute atomic E-state index is 0. The zero-order valence-electron chi connectivity index (χ0n) is 26.1. The lowest BCUT2D eigenvalue weighted by Crippen LogP contribution is -3.00. The summed E-state index contributed by atoms with van der Waals surface area (Å²) >= 11 is 0. The maximum Gasteiger partial charge on any atom is 0.212 e. The Kier molecular flexibility index (Phi) is 15.2. The van der Waals surface area contributed by atoms with Gasteiger partial charge in [0.1, 0.15) is 21.1 Å². The van der Waals surface area contributed by atoms with E-state index in [1.807, 2.05) is 0 Å². The van der Waals surface area contributed by atoms with Crippen LogP contribution in [-0.2, 0) is 21.1 Å². The zero-order chi connectivity index (χ0) is 28.3. The van der Waals surface area contributed by atoms with Gasteiger partial charge in [-0.05, 0) is 55.7 Å². The number of hydrogen-bond acceptors (Lipinski definition) is 0. The summed E-state index contributed by atoms with van der Waals surface area (Å²) in [4.78, 5) is 0. The Morgan fingerprint density at radius 2 is 0.571 bits per heavy atom. The first-order valence-corrected chi connectivity index (χ1v) is 13.6. The highest BCUT2D eigenvalue weighted by Gasteiger charge is 2.11. The Balaban J connectivity index is 0.000000304. The molecule has 0 N–H and O–H groups in total. The van der Waals surface area contributed by atoms with Crippen molar-refractivity contribution in [3.05, 3.63) is 125 Å². The third kappa shape index (κ3) is 8.37. The molecule has 3 nitrogen and oxygen atoms in total. The van der Waals surface area contributed by atoms with Gasteiger partial charge in [-0.3, -0.25) is 0 Å². The van der Waals surface area contributed by atoms with Crippen LogP contribution >= 0.6 is 0 Å². The monoisotopic (exact) mass is 897 g/mol. The molecule has 0 atom stereocenters. The maximum absolute atomic E-state index is 2.22. The van der Waals surface area contributed by atoms with E-state index in [-0.39, 0.29) is 71.9 Å². The molecule has 3 aromatic heterocycles. The first kappa shape index (κ1) is 38.1. The van der Waals surface area contributed by atoms with E-state index in [1.54, 1.807) is 0 Å². The minimum atomic E-state index is 0. The Morgan fingerprint density at radius 3 is 0.810 bits per heavy atom. The van der Waals surface area contributed by atoms with Crippen LogP contribution in [0.5, 0.6) is 0 Å². The minimum Gasteiger partial charge on any atom is -1.00 e. The Bertz CT molecular complexity index is 1600. The molecule has 0 saturated heterocycles. The van der Waals surface area contributed by atoms with E-state index in [9.17, 15) is 0 Å². The molecule has 0 aliphatic rings. The van der Waals surface area contributed by atoms with Gasteiger partial charge in [-0.2, -0.15) is 13.7 Å². The average molecular weight is 897 g/mol. The number of hydrogen-bond donors (Lipinski definition) is 0. The van der Waals surface area contributed by atoms with Crippen molar-refractivity contribution < 1.29 is 85.6 Å². The predicted octanol–water partition coefficient (Wildman–Crippen LogP) is -2.14. The Hall–Kier alpha value is -1.92. The van der Waals surface area contributed by atoms with Gasteiger partial charge in [0, 0.05) is 73.3 Å². The molecule has 6 rings (SSSR count). The second kappa shape index (κ2) is 16.8. The fourth-order valence-corrected chi connectivity index (χ4v) is 5.33. The summed E-state index contributed by atoms with van der Waals surface area (Å²) in [5, 5.41) is 4.03. The van der Waals surface area contributed by atoms with Crippen LogP contribution < -0.4 is 85.6 Å². The van der Waals surface area contributed by atoms with Crippen molar-refractivity contribution >= 4 is 32.7 Å². The van der Waals surface area contributed by atoms with Crippen LogP contribution in [0.2, 0.25) is 0 Å². The van der Waals surface area contributed by atoms with Crippen LogP contribution in [0.1, 0.15) is 33.8 Å². The molecule has 0 radical (unpaired) electrons. The number of benzene rings is 3. The average Bonchev–Trinajstić information content (AvgIpc) is 2.94. The van der Waals surface area contributed by atoms with E-state index < -0.39 is 0 Å². The standard InChI is InChI=1S/3C12H14N.3HI/c3*1-9-8-10(2)13(3)12-7-5-4-6-11(9)12;;;/h3*4-8H,1-3H3;3*1H/q3*+1;;;/p-3. The highest BCUT2D eigenvalue weighted by Crippen LogP contribution is 2.16. The molecule has 6 heteroatoms. The third-order valence-corrected chi connectivity index (χ3v) is 7.93. The second-order valence-corrected chi connectivity index (χ2v) is 10.6. The van der Waals surface area contributed by atoms with Crippen molar-refractivity contribution in [3.8, 4) is 0 Å². The summed E-state index contributed by atoms with van der Waals surface area (Å²) < 4.78 is 6.67. The molecule has 0 spiro atoms. The first-order chi connectivity index (χ1) is 18.6. The number of aryl methyl sites for hydroxylation is 9. The molecule has 0 saturated carbocycles. The molecule has 0 unspecified atom stereocenters. The van der Waals surface area contributed by atoms with Gasteiger partial charge in [0.25, 0.3) is 0 Å². The van der Waals surface area contributed by atoms with Crippen LogP contribution in [0.4, 0.5) is 0 Å². The molecule has 3 heterocycles. The lowest BCUT2D eigenvalue weighted by Gasteiger charge is -2.02. The zero-order valence-corrected chi connectivity index (χ0v) is 32.6. The van der Waals surface area contributed by atoms with Crippen molar-refractivity contribution in [1.29, 1.82) is 0 Å². The van der Waals surface area contributed by atoms with Gasteiger partial charge in [-0.25, -0.2) is 0 Å². The molecule has 0 amide bonds. The lowest BCUT2D eigenvalue weighted by atomic mass is 10.1. The van der Waals surface area contributed by atoms with Crippen LogP contribution in [0.3, 0.4) is 0 Å². The van der Waals surface area contributed by atoms with Crippen molar-refractivity contribution in [2.45, 2.75) is 41.5 Å². The summed E-state index contributed by atoms with van der Waals surface area (Å²) in [5.74, 6) is 0. The molecule has 42 heavy (non-hydrogen) atoms. The lowest BCUT2D eigenvalue weighted by molar-refractivity contribution is -0.651. The summed E-state index contributed by atoms with van der Waals surface area (Å²) in [6.07, 6.45) is 0. The smallest absolute Gasteiger partial charge is 0.212 e. The molecule has 6 aromatic rings. The summed E-state index contributed by atoms with van der Waals surface area (Å²) in [5.41, 5.74) is 11.9. The Labute approximate surface area is 303 Å². The topological polar surface area (TPSA) is 11.6 Å². The van der Waals surface area contributed by atoms with Gasteiger partial charge < -0.3 is 71.9 Å². The number of para-hydroxylation sites is 3. The molecule has 0 aliphatic carbocycles. The SMILES string of the molecule is Cc1cc(C)[n+](C)c2ccccc12.Cc1cc(C)[n+](C)c2ccccc12.Cc1cc(C)[n+](C)c2ccccc12.[I-].[I-].[I-]. The van der Waals surface area contributed by atoms with Gasteiger partial charge in [0.2, 0.25) is 16.6 Å². The van der Waals surface area contributed by atoms with E-state index in [4.69, 9.17) is 0 Å². The van der Waals surface area contributed by atoms with Gasteiger partial charge in [-0.15, -0.1) is 0 Å². The van der Waals surface area contributed by atoms with Crippen molar-refractivity contribution in [2.24, 2.45) is 21.1 Å². The molecular formula is C36H42I3N3. The van der Waals surface area contributed by atoms with Gasteiger partial charge in [-0.1, -0.05) is 36.4 Å². The third-order valence-electron chi connectivity index (χ3n) is 7.93. The van der Waals surface area contributed by atoms with Crippen molar-refractivity contribution in [1.82, 2.24) is 0 Å². The van der Waals surface area contributed by atoms with E-state index in [1.165, 1.54) is 66.5 Å². The summed E-state index contributed by atoms with van der Waals surface area (Å²) in [7, 11) is 6.32. The van der Waals surface area contributed by atoms with Gasteiger partial charge in [0.05, 0.1) is 0 Å². The normalized spacial score (nSPS) is 9.93. The van der Waals surface area contributed by atoms with Crippen LogP contribution in [-0.4, -0.2) is 0 Å². The molecule has 0 bridgehead atoms. The number of pyridine rings is 3. The fourth-order valence-electron chi connectivity index (χ4n) is 5.33. The Morgan fingerprint density at radius 1 is 0.357 bits per heavy atom. The maximum atomic E-state index is 2.22. The predicted molar refractivity (Wildman–Crippen MR) is 164 cm³/mol. The van der Waals surface area contributed by atoms with E-state index in [2.05, 4.69) is 167 Å². The van der Waals surface area contributed by atoms with Crippen LogP contribution in [0.15, 0.2) is 91.0 Å². The van der Waals surface area contributed by atoms with E-state index in [0.29, 0.717) is 0 Å². The van der Waals surface area contributed by atoms with Gasteiger partial charge in [0.15, 0.2) is 17.1 Å². The summed E-state index contributed by atoms with van der Waals surface area (Å²) in [6, 6.07) is 32.2. The number of rotatable bonds is 0. The highest BCUT2D eigenvalue weighted by molar-refractivity contribution is 5.80. The highest BCUT2D eigenvalue weighted by atomic mass is 127. The van der Waals surface area contributed by atoms with Crippen molar-refractivity contribution in [2.75, 3.05) is 0 Å². The molecule has 0 fully saturated rings. The van der Waals surface area contributed by atoms with Crippen LogP contribution in [0, 0.1) is 41.5 Å². The largest absolute Gasteiger partial charge is 1.00 e. The molecule has 0 aliphatic heterocycles. The van der Waals surface area contributed by atoms with Gasteiger partial charge >= 0.3 is 0 Å². The number of halogens is 3. The van der Waals surface area contributed by atoms with E-state index >= 15 is 0 Å². The molecule has 3 aromatic carbocycles. The summed E-state index contributed by atoms with van der Waals surface area (Å²) in [6.45, 7) is 12.9. The molecule has 222 valence electrons. The van der Waals surface area contributed by atoms with Crippen LogP contribution in [0.25, 0.3) is 32.7 Å². The first-order valence-electron chi connectivity index (χ1n) is 13.6. The fraction of sp³-hybridized carbons (Fsp3) is 0.250. The number of fused-ring (bicyclic) bond motifs is 3. The molecular weight excluding hydrogens is 855 g/mol. The second-order valence-electron chi connectivity index (χ2n) is 10.6. The van der Waals surface area contributed by atoms with Crippen molar-refractivity contribution in [3.63, 3.8) is 0 Å².